The largest absolute Gasteiger partial charge is 0.468 e. The standard InChI is InChI=1S/C20H20N2O5/c1-3-25-20(24)17-16(14-10-7-11-26-14)15(12(2)27-18(17)21)19(23)22-13-8-5-4-6-9-13/h4-11,16H,3,21H2,1-2H3,(H,22,23)/t16-/m1/s1. The average Bonchev–Trinajstić information content (AvgIpc) is 3.16. The Kier molecular flexibility index (Phi) is 5.30. The predicted octanol–water partition coefficient (Wildman–Crippen LogP) is 3.04. The Morgan fingerprint density at radius 3 is 2.52 bits per heavy atom. The molecule has 7 heteroatoms. The van der Waals surface area contributed by atoms with Crippen molar-refractivity contribution in [3.05, 3.63) is 77.3 Å². The van der Waals surface area contributed by atoms with Crippen LogP contribution in [-0.2, 0) is 19.1 Å². The smallest absolute Gasteiger partial charge is 0.340 e. The molecular weight excluding hydrogens is 348 g/mol. The van der Waals surface area contributed by atoms with Crippen LogP contribution in [0.5, 0.6) is 0 Å². The maximum Gasteiger partial charge on any atom is 0.340 e. The molecular formula is C20H20N2O5. The first kappa shape index (κ1) is 18.3. The highest BCUT2D eigenvalue weighted by Crippen LogP contribution is 2.40. The molecule has 0 unspecified atom stereocenters. The molecule has 0 saturated carbocycles. The molecule has 1 amide bonds. The number of anilines is 1. The summed E-state index contributed by atoms with van der Waals surface area (Å²) in [6.45, 7) is 3.46. The summed E-state index contributed by atoms with van der Waals surface area (Å²) in [5, 5.41) is 2.81. The van der Waals surface area contributed by atoms with E-state index >= 15 is 0 Å². The van der Waals surface area contributed by atoms with Crippen molar-refractivity contribution < 1.29 is 23.5 Å². The highest BCUT2D eigenvalue weighted by Gasteiger charge is 2.40. The molecule has 1 aliphatic heterocycles. The zero-order valence-corrected chi connectivity index (χ0v) is 15.0. The number of para-hydroxylation sites is 1. The van der Waals surface area contributed by atoms with Crippen LogP contribution in [0, 0.1) is 0 Å². The topological polar surface area (TPSA) is 104 Å². The molecule has 7 nitrogen and oxygen atoms in total. The second-order valence-electron chi connectivity index (χ2n) is 5.84. The van der Waals surface area contributed by atoms with Crippen molar-refractivity contribution in [3.63, 3.8) is 0 Å². The number of ether oxygens (including phenoxy) is 2. The monoisotopic (exact) mass is 368 g/mol. The molecule has 0 saturated heterocycles. The number of rotatable bonds is 5. The van der Waals surface area contributed by atoms with Crippen LogP contribution in [0.3, 0.4) is 0 Å². The van der Waals surface area contributed by atoms with E-state index in [1.807, 2.05) is 6.07 Å². The van der Waals surface area contributed by atoms with E-state index < -0.39 is 17.8 Å². The van der Waals surface area contributed by atoms with Gasteiger partial charge < -0.3 is 24.9 Å². The highest BCUT2D eigenvalue weighted by atomic mass is 16.5. The van der Waals surface area contributed by atoms with Gasteiger partial charge in [-0.25, -0.2) is 4.79 Å². The third-order valence-corrected chi connectivity index (χ3v) is 4.08. The lowest BCUT2D eigenvalue weighted by atomic mass is 9.85. The van der Waals surface area contributed by atoms with Gasteiger partial charge in [-0.3, -0.25) is 4.79 Å². The number of nitrogens with two attached hydrogens (primary N) is 1. The molecule has 3 N–H and O–H groups in total. The summed E-state index contributed by atoms with van der Waals surface area (Å²) in [7, 11) is 0. The van der Waals surface area contributed by atoms with Gasteiger partial charge in [-0.1, -0.05) is 18.2 Å². The first-order valence-electron chi connectivity index (χ1n) is 8.48. The quantitative estimate of drug-likeness (QED) is 0.786. The van der Waals surface area contributed by atoms with Crippen molar-refractivity contribution in [1.29, 1.82) is 0 Å². The van der Waals surface area contributed by atoms with Crippen molar-refractivity contribution in [2.45, 2.75) is 19.8 Å². The minimum absolute atomic E-state index is 0.0376. The lowest BCUT2D eigenvalue weighted by Gasteiger charge is -2.27. The van der Waals surface area contributed by atoms with Gasteiger partial charge in [0, 0.05) is 5.69 Å². The van der Waals surface area contributed by atoms with Gasteiger partial charge in [0.15, 0.2) is 0 Å². The maximum absolute atomic E-state index is 13.0. The Morgan fingerprint density at radius 2 is 1.89 bits per heavy atom. The van der Waals surface area contributed by atoms with E-state index in [4.69, 9.17) is 19.6 Å². The Bertz CT molecular complexity index is 898. The summed E-state index contributed by atoms with van der Waals surface area (Å²) in [4.78, 5) is 25.5. The number of hydrogen-bond donors (Lipinski definition) is 2. The second-order valence-corrected chi connectivity index (χ2v) is 5.84. The van der Waals surface area contributed by atoms with Gasteiger partial charge in [0.05, 0.1) is 24.4 Å². The lowest BCUT2D eigenvalue weighted by Crippen LogP contribution is -2.31. The minimum atomic E-state index is -0.837. The first-order valence-corrected chi connectivity index (χ1v) is 8.48. The fourth-order valence-electron chi connectivity index (χ4n) is 2.94. The van der Waals surface area contributed by atoms with Crippen LogP contribution in [0.15, 0.2) is 75.9 Å². The van der Waals surface area contributed by atoms with E-state index in [1.165, 1.54) is 6.26 Å². The van der Waals surface area contributed by atoms with Crippen molar-refractivity contribution in [2.75, 3.05) is 11.9 Å². The molecule has 0 aliphatic carbocycles. The van der Waals surface area contributed by atoms with Crippen molar-refractivity contribution in [3.8, 4) is 0 Å². The van der Waals surface area contributed by atoms with Gasteiger partial charge in [-0.05, 0) is 38.1 Å². The van der Waals surface area contributed by atoms with E-state index in [0.717, 1.165) is 0 Å². The molecule has 0 radical (unpaired) electrons. The molecule has 1 atom stereocenters. The summed E-state index contributed by atoms with van der Waals surface area (Å²) in [6.07, 6.45) is 1.46. The molecule has 2 heterocycles. The third-order valence-electron chi connectivity index (χ3n) is 4.08. The van der Waals surface area contributed by atoms with Crippen molar-refractivity contribution >= 4 is 17.6 Å². The third kappa shape index (κ3) is 3.72. The van der Waals surface area contributed by atoms with E-state index in [9.17, 15) is 9.59 Å². The Balaban J connectivity index is 2.03. The molecule has 1 aromatic heterocycles. The molecule has 3 rings (SSSR count). The molecule has 1 aliphatic rings. The van der Waals surface area contributed by atoms with Gasteiger partial charge >= 0.3 is 5.97 Å². The Hall–Kier alpha value is -3.48. The first-order chi connectivity index (χ1) is 13.0. The van der Waals surface area contributed by atoms with E-state index in [0.29, 0.717) is 11.4 Å². The van der Waals surface area contributed by atoms with Crippen LogP contribution in [0.2, 0.25) is 0 Å². The van der Waals surface area contributed by atoms with Gasteiger partial charge in [-0.2, -0.15) is 0 Å². The van der Waals surface area contributed by atoms with Gasteiger partial charge in [0.25, 0.3) is 5.91 Å². The van der Waals surface area contributed by atoms with E-state index in [2.05, 4.69) is 5.32 Å². The lowest BCUT2D eigenvalue weighted by molar-refractivity contribution is -0.139. The molecule has 2 aromatic rings. The fourth-order valence-corrected chi connectivity index (χ4v) is 2.94. The van der Waals surface area contributed by atoms with Gasteiger partial charge in [-0.15, -0.1) is 0 Å². The Morgan fingerprint density at radius 1 is 1.15 bits per heavy atom. The predicted molar refractivity (Wildman–Crippen MR) is 98.2 cm³/mol. The second kappa shape index (κ2) is 7.82. The Labute approximate surface area is 156 Å². The number of esters is 1. The number of allylic oxidation sites excluding steroid dienone is 1. The number of nitrogens with one attached hydrogen (secondary N) is 1. The van der Waals surface area contributed by atoms with Crippen molar-refractivity contribution in [2.24, 2.45) is 5.73 Å². The number of furan rings is 1. The summed E-state index contributed by atoms with van der Waals surface area (Å²) in [5.74, 6) is -1.35. The summed E-state index contributed by atoms with van der Waals surface area (Å²) < 4.78 is 16.1. The highest BCUT2D eigenvalue weighted by molar-refractivity contribution is 6.08. The number of hydrogen-bond acceptors (Lipinski definition) is 6. The molecule has 27 heavy (non-hydrogen) atoms. The fraction of sp³-hybridized carbons (Fsp3) is 0.200. The van der Waals surface area contributed by atoms with E-state index in [1.54, 1.807) is 50.2 Å². The number of carbonyl (C=O) groups excluding carboxylic acids is 2. The number of benzene rings is 1. The summed E-state index contributed by atoms with van der Waals surface area (Å²) in [5.41, 5.74) is 6.84. The molecule has 1 aromatic carbocycles. The SMILES string of the molecule is CCOC(=O)C1=C(N)OC(C)=C(C(=O)Nc2ccccc2)[C@H]1c1ccco1. The summed E-state index contributed by atoms with van der Waals surface area (Å²) in [6, 6.07) is 12.3. The normalized spacial score (nSPS) is 16.7. The van der Waals surface area contributed by atoms with Crippen LogP contribution in [0.4, 0.5) is 5.69 Å². The number of amides is 1. The maximum atomic E-state index is 13.0. The molecule has 0 fully saturated rings. The van der Waals surface area contributed by atoms with Crippen LogP contribution in [0.25, 0.3) is 0 Å². The minimum Gasteiger partial charge on any atom is -0.468 e. The molecule has 140 valence electrons. The average molecular weight is 368 g/mol. The zero-order chi connectivity index (χ0) is 19.4. The van der Waals surface area contributed by atoms with E-state index in [-0.39, 0.29) is 29.4 Å². The van der Waals surface area contributed by atoms with Crippen LogP contribution < -0.4 is 11.1 Å². The zero-order valence-electron chi connectivity index (χ0n) is 15.0. The van der Waals surface area contributed by atoms with Crippen LogP contribution in [0.1, 0.15) is 25.5 Å². The van der Waals surface area contributed by atoms with Crippen molar-refractivity contribution in [1.82, 2.24) is 0 Å². The molecule has 0 spiro atoms. The van der Waals surface area contributed by atoms with Gasteiger partial charge in [0.2, 0.25) is 5.88 Å². The van der Waals surface area contributed by atoms with Gasteiger partial charge in [0.1, 0.15) is 17.1 Å². The van der Waals surface area contributed by atoms with Crippen LogP contribution in [-0.4, -0.2) is 18.5 Å². The molecule has 0 bridgehead atoms. The summed E-state index contributed by atoms with van der Waals surface area (Å²) >= 11 is 0. The number of carbonyl (C=O) groups is 2. The van der Waals surface area contributed by atoms with Crippen LogP contribution >= 0.6 is 0 Å².